The number of pyridine rings is 1. The van der Waals surface area contributed by atoms with Crippen molar-refractivity contribution in [2.24, 2.45) is 5.92 Å². The minimum atomic E-state index is -0.347. The molecule has 3 N–H and O–H groups in total. The van der Waals surface area contributed by atoms with Gasteiger partial charge in [-0.3, -0.25) is 9.59 Å². The Hall–Kier alpha value is -2.45. The van der Waals surface area contributed by atoms with Crippen molar-refractivity contribution in [3.8, 4) is 10.6 Å². The van der Waals surface area contributed by atoms with Gasteiger partial charge in [0.1, 0.15) is 5.82 Å². The van der Waals surface area contributed by atoms with Crippen molar-refractivity contribution in [1.82, 2.24) is 15.2 Å². The quantitative estimate of drug-likeness (QED) is 0.780. The molecule has 2 aliphatic rings. The van der Waals surface area contributed by atoms with Crippen LogP contribution < -0.4 is 11.1 Å². The maximum atomic E-state index is 12.5. The SMILES string of the molecule is CC(C)C(=O)NCC(=O)N1CCC2(CC1)OCCc1sc(-c3cccc(N)n3)cc12. The second-order valence-corrected chi connectivity index (χ2v) is 9.38. The van der Waals surface area contributed by atoms with Crippen molar-refractivity contribution >= 4 is 29.0 Å². The number of rotatable bonds is 4. The maximum Gasteiger partial charge on any atom is 0.241 e. The molecule has 0 atom stereocenters. The molecule has 4 heterocycles. The van der Waals surface area contributed by atoms with Crippen LogP contribution in [0.15, 0.2) is 24.3 Å². The van der Waals surface area contributed by atoms with E-state index < -0.39 is 0 Å². The normalized spacial score (nSPS) is 17.8. The van der Waals surface area contributed by atoms with Crippen molar-refractivity contribution < 1.29 is 14.3 Å². The highest BCUT2D eigenvalue weighted by Gasteiger charge is 2.42. The highest BCUT2D eigenvalue weighted by Crippen LogP contribution is 2.46. The Labute approximate surface area is 180 Å². The first-order valence-electron chi connectivity index (χ1n) is 10.4. The summed E-state index contributed by atoms with van der Waals surface area (Å²) in [5.74, 6) is 0.253. The number of nitrogens with zero attached hydrogens (tertiary/aromatic N) is 2. The van der Waals surface area contributed by atoms with Gasteiger partial charge in [0.2, 0.25) is 11.8 Å². The van der Waals surface area contributed by atoms with E-state index in [0.717, 1.165) is 29.8 Å². The summed E-state index contributed by atoms with van der Waals surface area (Å²) in [5, 5.41) is 2.71. The molecule has 0 aliphatic carbocycles. The second kappa shape index (κ2) is 8.35. The zero-order valence-electron chi connectivity index (χ0n) is 17.4. The van der Waals surface area contributed by atoms with Gasteiger partial charge in [0, 0.05) is 30.3 Å². The van der Waals surface area contributed by atoms with Gasteiger partial charge >= 0.3 is 0 Å². The number of ether oxygens (including phenoxy) is 1. The van der Waals surface area contributed by atoms with E-state index in [1.54, 1.807) is 17.4 Å². The number of thiophene rings is 1. The third-order valence-corrected chi connectivity index (χ3v) is 7.11. The zero-order valence-corrected chi connectivity index (χ0v) is 18.3. The number of piperidine rings is 1. The summed E-state index contributed by atoms with van der Waals surface area (Å²) in [6, 6.07) is 7.89. The summed E-state index contributed by atoms with van der Waals surface area (Å²) < 4.78 is 6.32. The minimum absolute atomic E-state index is 0.0372. The highest BCUT2D eigenvalue weighted by molar-refractivity contribution is 7.15. The highest BCUT2D eigenvalue weighted by atomic mass is 32.1. The Balaban J connectivity index is 1.46. The minimum Gasteiger partial charge on any atom is -0.384 e. The Bertz CT molecular complexity index is 948. The van der Waals surface area contributed by atoms with Crippen LogP contribution >= 0.6 is 11.3 Å². The number of carbonyl (C=O) groups is 2. The lowest BCUT2D eigenvalue weighted by atomic mass is 9.82. The monoisotopic (exact) mass is 428 g/mol. The maximum absolute atomic E-state index is 12.5. The Kier molecular flexibility index (Phi) is 5.79. The summed E-state index contributed by atoms with van der Waals surface area (Å²) in [6.45, 7) is 5.62. The first-order chi connectivity index (χ1) is 14.4. The smallest absolute Gasteiger partial charge is 0.241 e. The van der Waals surface area contributed by atoms with Crippen LogP contribution in [0, 0.1) is 5.92 Å². The lowest BCUT2D eigenvalue weighted by Gasteiger charge is -2.44. The summed E-state index contributed by atoms with van der Waals surface area (Å²) >= 11 is 1.76. The van der Waals surface area contributed by atoms with Crippen LogP contribution in [0.3, 0.4) is 0 Å². The standard InChI is InChI=1S/C22H28N4O3S/c1-14(2)21(28)24-13-20(27)26-9-7-22(8-10-26)15-12-18(30-17(15)6-11-29-22)16-4-3-5-19(23)25-16/h3-5,12,14H,6-11,13H2,1-2H3,(H2,23,25)(H,24,28). The molecule has 160 valence electrons. The molecule has 2 aromatic heterocycles. The van der Waals surface area contributed by atoms with Crippen LogP contribution in [0.5, 0.6) is 0 Å². The Morgan fingerprint density at radius 3 is 2.80 bits per heavy atom. The largest absolute Gasteiger partial charge is 0.384 e. The average molecular weight is 429 g/mol. The van der Waals surface area contributed by atoms with E-state index in [0.29, 0.717) is 25.5 Å². The van der Waals surface area contributed by atoms with Crippen LogP contribution in [-0.2, 0) is 26.3 Å². The number of anilines is 1. The number of amides is 2. The van der Waals surface area contributed by atoms with E-state index in [-0.39, 0.29) is 29.9 Å². The molecular weight excluding hydrogens is 400 g/mol. The van der Waals surface area contributed by atoms with Gasteiger partial charge in [-0.25, -0.2) is 4.98 Å². The third-order valence-electron chi connectivity index (χ3n) is 5.89. The predicted molar refractivity (Wildman–Crippen MR) is 117 cm³/mol. The molecule has 0 unspecified atom stereocenters. The Morgan fingerprint density at radius 2 is 2.10 bits per heavy atom. The molecule has 0 bridgehead atoms. The third kappa shape index (κ3) is 4.06. The summed E-state index contributed by atoms with van der Waals surface area (Å²) in [5.41, 5.74) is 7.64. The van der Waals surface area contributed by atoms with Crippen molar-refractivity contribution in [3.05, 3.63) is 34.7 Å². The number of fused-ring (bicyclic) bond motifs is 2. The number of carbonyl (C=O) groups excluding carboxylic acids is 2. The summed E-state index contributed by atoms with van der Waals surface area (Å²) in [6.07, 6.45) is 2.41. The van der Waals surface area contributed by atoms with Crippen LogP contribution in [0.1, 0.15) is 37.1 Å². The fourth-order valence-electron chi connectivity index (χ4n) is 4.14. The van der Waals surface area contributed by atoms with Crippen molar-refractivity contribution in [3.63, 3.8) is 0 Å². The molecular formula is C22H28N4O3S. The molecule has 1 fully saturated rings. The molecule has 1 spiro atoms. The van der Waals surface area contributed by atoms with Gasteiger partial charge < -0.3 is 20.7 Å². The number of nitrogens with two attached hydrogens (primary N) is 1. The summed E-state index contributed by atoms with van der Waals surface area (Å²) in [7, 11) is 0. The lowest BCUT2D eigenvalue weighted by molar-refractivity contribution is -0.141. The van der Waals surface area contributed by atoms with Gasteiger partial charge in [-0.15, -0.1) is 11.3 Å². The summed E-state index contributed by atoms with van der Waals surface area (Å²) in [4.78, 5) is 33.0. The molecule has 0 saturated carbocycles. The van der Waals surface area contributed by atoms with E-state index in [1.165, 1.54) is 10.4 Å². The first-order valence-corrected chi connectivity index (χ1v) is 11.3. The molecule has 2 aromatic rings. The van der Waals surface area contributed by atoms with Crippen molar-refractivity contribution in [2.75, 3.05) is 32.0 Å². The topological polar surface area (TPSA) is 97.5 Å². The number of aromatic nitrogens is 1. The van der Waals surface area contributed by atoms with Gasteiger partial charge in [0.25, 0.3) is 0 Å². The fraction of sp³-hybridized carbons (Fsp3) is 0.500. The predicted octanol–water partition coefficient (Wildman–Crippen LogP) is 2.55. The molecule has 1 saturated heterocycles. The van der Waals surface area contributed by atoms with Crippen LogP contribution in [0.2, 0.25) is 0 Å². The van der Waals surface area contributed by atoms with Crippen LogP contribution in [-0.4, -0.2) is 47.9 Å². The number of hydrogen-bond acceptors (Lipinski definition) is 6. The van der Waals surface area contributed by atoms with E-state index in [9.17, 15) is 9.59 Å². The number of hydrogen-bond donors (Lipinski definition) is 2. The van der Waals surface area contributed by atoms with Crippen molar-refractivity contribution in [2.45, 2.75) is 38.7 Å². The van der Waals surface area contributed by atoms with Gasteiger partial charge in [-0.1, -0.05) is 19.9 Å². The number of nitrogen functional groups attached to an aromatic ring is 1. The van der Waals surface area contributed by atoms with Crippen LogP contribution in [0.25, 0.3) is 10.6 Å². The molecule has 2 amide bonds. The van der Waals surface area contributed by atoms with Gasteiger partial charge in [0.05, 0.1) is 29.3 Å². The number of nitrogens with one attached hydrogen (secondary N) is 1. The molecule has 0 radical (unpaired) electrons. The first kappa shape index (κ1) is 20.8. The van der Waals surface area contributed by atoms with Crippen molar-refractivity contribution in [1.29, 1.82) is 0 Å². The van der Waals surface area contributed by atoms with E-state index >= 15 is 0 Å². The van der Waals surface area contributed by atoms with E-state index in [2.05, 4.69) is 16.4 Å². The molecule has 0 aromatic carbocycles. The van der Waals surface area contributed by atoms with Gasteiger partial charge in [0.15, 0.2) is 0 Å². The molecule has 2 aliphatic heterocycles. The van der Waals surface area contributed by atoms with Crippen LogP contribution in [0.4, 0.5) is 5.82 Å². The second-order valence-electron chi connectivity index (χ2n) is 8.24. The average Bonchev–Trinajstić information content (AvgIpc) is 3.18. The van der Waals surface area contributed by atoms with Gasteiger partial charge in [-0.2, -0.15) is 0 Å². The molecule has 7 nitrogen and oxygen atoms in total. The van der Waals surface area contributed by atoms with E-state index in [4.69, 9.17) is 10.5 Å². The molecule has 8 heteroatoms. The fourth-order valence-corrected chi connectivity index (χ4v) is 5.34. The molecule has 4 rings (SSSR count). The Morgan fingerprint density at radius 1 is 1.33 bits per heavy atom. The van der Waals surface area contributed by atoms with Gasteiger partial charge in [-0.05, 0) is 36.6 Å². The number of likely N-dealkylation sites (tertiary alicyclic amines) is 1. The zero-order chi connectivity index (χ0) is 21.3. The van der Waals surface area contributed by atoms with E-state index in [1.807, 2.05) is 30.9 Å². The lowest BCUT2D eigenvalue weighted by Crippen LogP contribution is -2.50. The molecule has 30 heavy (non-hydrogen) atoms.